The van der Waals surface area contributed by atoms with Crippen LogP contribution in [0.3, 0.4) is 0 Å². The maximum Gasteiger partial charge on any atom is 0.422 e. The van der Waals surface area contributed by atoms with Crippen LogP contribution < -0.4 is 10.1 Å². The van der Waals surface area contributed by atoms with Crippen molar-refractivity contribution in [2.45, 2.75) is 18.7 Å². The second-order valence-electron chi connectivity index (χ2n) is 4.75. The molecule has 8 heteroatoms. The highest BCUT2D eigenvalue weighted by atomic mass is 19.4. The average molecular weight is 304 g/mol. The van der Waals surface area contributed by atoms with Crippen LogP contribution in [0.25, 0.3) is 0 Å². The van der Waals surface area contributed by atoms with Crippen LogP contribution in [-0.2, 0) is 0 Å². The molecule has 0 spiro atoms. The van der Waals surface area contributed by atoms with Crippen LogP contribution in [0.1, 0.15) is 6.42 Å². The zero-order valence-corrected chi connectivity index (χ0v) is 11.1. The number of urea groups is 1. The molecule has 1 heterocycles. The van der Waals surface area contributed by atoms with Crippen LogP contribution in [0.4, 0.5) is 23.7 Å². The maximum absolute atomic E-state index is 12.0. The lowest BCUT2D eigenvalue weighted by Crippen LogP contribution is -2.33. The van der Waals surface area contributed by atoms with Crippen LogP contribution >= 0.6 is 0 Å². The molecule has 21 heavy (non-hydrogen) atoms. The second-order valence-corrected chi connectivity index (χ2v) is 4.75. The Morgan fingerprint density at radius 2 is 2.05 bits per heavy atom. The number of amides is 2. The molecule has 1 saturated heterocycles. The summed E-state index contributed by atoms with van der Waals surface area (Å²) in [6.07, 6.45) is -4.35. The van der Waals surface area contributed by atoms with Crippen LogP contribution in [-0.4, -0.2) is 48.0 Å². The molecule has 0 bridgehead atoms. The van der Waals surface area contributed by atoms with Gasteiger partial charge in [0, 0.05) is 18.8 Å². The molecule has 0 aromatic heterocycles. The number of hydrogen-bond acceptors (Lipinski definition) is 3. The van der Waals surface area contributed by atoms with Crippen molar-refractivity contribution < 1.29 is 27.8 Å². The minimum Gasteiger partial charge on any atom is -0.484 e. The number of alkyl halides is 3. The lowest BCUT2D eigenvalue weighted by atomic mass is 10.3. The second kappa shape index (κ2) is 6.21. The first-order valence-corrected chi connectivity index (χ1v) is 6.37. The van der Waals surface area contributed by atoms with E-state index in [0.717, 1.165) is 0 Å². The topological polar surface area (TPSA) is 61.8 Å². The molecule has 0 aliphatic carbocycles. The standard InChI is InChI=1S/C13H15F3N2O3/c14-13(15,16)8-21-11-3-1-9(2-4-11)17-12(20)18-6-5-10(19)7-18/h1-4,10,19H,5-8H2,(H,17,20)/t10-/m0/s1. The van der Waals surface area contributed by atoms with Crippen molar-refractivity contribution in [2.24, 2.45) is 0 Å². The SMILES string of the molecule is O=C(Nc1ccc(OCC(F)(F)F)cc1)N1CC[C@H](O)C1. The van der Waals surface area contributed by atoms with Gasteiger partial charge in [-0.05, 0) is 30.7 Å². The number of β-amino-alcohol motifs (C(OH)–C–C–N with tert-alkyl or cyclic N) is 1. The lowest BCUT2D eigenvalue weighted by Gasteiger charge is -2.16. The van der Waals surface area contributed by atoms with E-state index in [9.17, 15) is 23.1 Å². The van der Waals surface area contributed by atoms with Gasteiger partial charge < -0.3 is 20.1 Å². The van der Waals surface area contributed by atoms with Gasteiger partial charge in [-0.25, -0.2) is 4.79 Å². The first-order valence-electron chi connectivity index (χ1n) is 6.37. The molecule has 1 aliphatic heterocycles. The number of benzene rings is 1. The third kappa shape index (κ3) is 4.82. The fourth-order valence-corrected chi connectivity index (χ4v) is 1.93. The number of rotatable bonds is 3. The number of ether oxygens (including phenoxy) is 1. The van der Waals surface area contributed by atoms with E-state index in [0.29, 0.717) is 18.7 Å². The number of carbonyl (C=O) groups is 1. The Kier molecular flexibility index (Phi) is 4.56. The number of nitrogens with one attached hydrogen (secondary N) is 1. The molecule has 116 valence electrons. The van der Waals surface area contributed by atoms with Gasteiger partial charge in [-0.3, -0.25) is 0 Å². The number of hydrogen-bond donors (Lipinski definition) is 2. The van der Waals surface area contributed by atoms with Gasteiger partial charge >= 0.3 is 12.2 Å². The number of halogens is 3. The molecule has 2 amide bonds. The Hall–Kier alpha value is -1.96. The van der Waals surface area contributed by atoms with Crippen molar-refractivity contribution in [3.63, 3.8) is 0 Å². The largest absolute Gasteiger partial charge is 0.484 e. The molecular weight excluding hydrogens is 289 g/mol. The van der Waals surface area contributed by atoms with E-state index in [2.05, 4.69) is 10.1 Å². The van der Waals surface area contributed by atoms with Gasteiger partial charge in [0.1, 0.15) is 5.75 Å². The molecule has 2 N–H and O–H groups in total. The molecule has 1 aromatic rings. The van der Waals surface area contributed by atoms with E-state index in [4.69, 9.17) is 0 Å². The van der Waals surface area contributed by atoms with Gasteiger partial charge in [0.15, 0.2) is 6.61 Å². The van der Waals surface area contributed by atoms with Crippen LogP contribution in [0.2, 0.25) is 0 Å². The van der Waals surface area contributed by atoms with E-state index < -0.39 is 18.9 Å². The Labute approximate surface area is 119 Å². The molecule has 2 rings (SSSR count). The van der Waals surface area contributed by atoms with Crippen LogP contribution in [0.15, 0.2) is 24.3 Å². The van der Waals surface area contributed by atoms with Gasteiger partial charge in [-0.1, -0.05) is 0 Å². The van der Waals surface area contributed by atoms with Crippen molar-refractivity contribution in [1.82, 2.24) is 4.90 Å². The number of aliphatic hydroxyl groups is 1. The quantitative estimate of drug-likeness (QED) is 0.900. The summed E-state index contributed by atoms with van der Waals surface area (Å²) < 4.78 is 40.5. The smallest absolute Gasteiger partial charge is 0.422 e. The van der Waals surface area contributed by atoms with Crippen molar-refractivity contribution in [3.05, 3.63) is 24.3 Å². The first-order chi connectivity index (χ1) is 9.83. The van der Waals surface area contributed by atoms with Crippen molar-refractivity contribution in [3.8, 4) is 5.75 Å². The van der Waals surface area contributed by atoms with Crippen molar-refractivity contribution >= 4 is 11.7 Å². The molecular formula is C13H15F3N2O3. The van der Waals surface area contributed by atoms with Gasteiger partial charge in [-0.15, -0.1) is 0 Å². The molecule has 0 saturated carbocycles. The highest BCUT2D eigenvalue weighted by Crippen LogP contribution is 2.20. The van der Waals surface area contributed by atoms with E-state index in [1.165, 1.54) is 29.2 Å². The van der Waals surface area contributed by atoms with E-state index in [1.807, 2.05) is 0 Å². The lowest BCUT2D eigenvalue weighted by molar-refractivity contribution is -0.153. The zero-order valence-electron chi connectivity index (χ0n) is 11.1. The molecule has 0 unspecified atom stereocenters. The molecule has 5 nitrogen and oxygen atoms in total. The number of anilines is 1. The molecule has 0 radical (unpaired) electrons. The van der Waals surface area contributed by atoms with E-state index in [1.54, 1.807) is 0 Å². The summed E-state index contributed by atoms with van der Waals surface area (Å²) in [6, 6.07) is 5.25. The third-order valence-corrected chi connectivity index (χ3v) is 2.96. The Bertz CT molecular complexity index is 490. The summed E-state index contributed by atoms with van der Waals surface area (Å²) in [5.74, 6) is 0.0712. The fourth-order valence-electron chi connectivity index (χ4n) is 1.93. The summed E-state index contributed by atoms with van der Waals surface area (Å²) in [6.45, 7) is -0.608. The van der Waals surface area contributed by atoms with Gasteiger partial charge in [-0.2, -0.15) is 13.2 Å². The zero-order chi connectivity index (χ0) is 15.5. The highest BCUT2D eigenvalue weighted by molar-refractivity contribution is 5.89. The number of aliphatic hydroxyl groups excluding tert-OH is 1. The summed E-state index contributed by atoms with van der Waals surface area (Å²) in [7, 11) is 0. The summed E-state index contributed by atoms with van der Waals surface area (Å²) in [5.41, 5.74) is 0.445. The molecule has 1 fully saturated rings. The Morgan fingerprint density at radius 1 is 1.38 bits per heavy atom. The summed E-state index contributed by atoms with van der Waals surface area (Å²) in [4.78, 5) is 13.3. The minimum atomic E-state index is -4.39. The van der Waals surface area contributed by atoms with Gasteiger partial charge in [0.25, 0.3) is 0 Å². The van der Waals surface area contributed by atoms with Crippen LogP contribution in [0, 0.1) is 0 Å². The predicted molar refractivity (Wildman–Crippen MR) is 69.2 cm³/mol. The summed E-state index contributed by atoms with van der Waals surface area (Å²) in [5, 5.41) is 11.9. The first kappa shape index (κ1) is 15.4. The number of carbonyl (C=O) groups excluding carboxylic acids is 1. The van der Waals surface area contributed by atoms with Gasteiger partial charge in [0.2, 0.25) is 0 Å². The maximum atomic E-state index is 12.0. The van der Waals surface area contributed by atoms with Crippen molar-refractivity contribution in [1.29, 1.82) is 0 Å². The normalized spacial score (nSPS) is 18.7. The average Bonchev–Trinajstić information content (AvgIpc) is 2.84. The monoisotopic (exact) mass is 304 g/mol. The minimum absolute atomic E-state index is 0.0712. The fraction of sp³-hybridized carbons (Fsp3) is 0.462. The number of likely N-dealkylation sites (tertiary alicyclic amines) is 1. The number of nitrogens with zero attached hydrogens (tertiary/aromatic N) is 1. The molecule has 1 aliphatic rings. The predicted octanol–water partition coefficient (Wildman–Crippen LogP) is 2.23. The van der Waals surface area contributed by atoms with E-state index in [-0.39, 0.29) is 18.3 Å². The molecule has 1 atom stereocenters. The van der Waals surface area contributed by atoms with Gasteiger partial charge in [0.05, 0.1) is 6.10 Å². The highest BCUT2D eigenvalue weighted by Gasteiger charge is 2.28. The van der Waals surface area contributed by atoms with Crippen molar-refractivity contribution in [2.75, 3.05) is 25.0 Å². The van der Waals surface area contributed by atoms with E-state index >= 15 is 0 Å². The molecule has 1 aromatic carbocycles. The summed E-state index contributed by atoms with van der Waals surface area (Å²) >= 11 is 0. The Morgan fingerprint density at radius 3 is 2.57 bits per heavy atom. The van der Waals surface area contributed by atoms with Crippen LogP contribution in [0.5, 0.6) is 5.75 Å². The Balaban J connectivity index is 1.86. The third-order valence-electron chi connectivity index (χ3n) is 2.96.